The van der Waals surface area contributed by atoms with Crippen molar-refractivity contribution in [2.75, 3.05) is 26.2 Å². The van der Waals surface area contributed by atoms with Crippen molar-refractivity contribution < 1.29 is 97.1 Å². The molecule has 12 atom stereocenters. The van der Waals surface area contributed by atoms with E-state index in [9.17, 15) is 73.2 Å². The highest BCUT2D eigenvalue weighted by atomic mass is 16.4. The number of nitrogens with zero attached hydrogens (tertiary/aromatic N) is 4. The van der Waals surface area contributed by atoms with Crippen LogP contribution in [-0.2, 0) is 89.6 Å². The van der Waals surface area contributed by atoms with Gasteiger partial charge in [0.15, 0.2) is 5.96 Å². The molecule has 3 saturated heterocycles. The molecule has 0 radical (unpaired) electrons. The lowest BCUT2D eigenvalue weighted by atomic mass is 9.99. The number of hydrogen-bond acceptors (Lipinski definition) is 20. The summed E-state index contributed by atoms with van der Waals surface area (Å²) >= 11 is 0. The van der Waals surface area contributed by atoms with Gasteiger partial charge in [0.25, 0.3) is 11.8 Å². The number of fused-ring (bicyclic) bond motifs is 2. The quantitative estimate of drug-likeness (QED) is 0.0119. The molecule has 3 aliphatic heterocycles. The lowest BCUT2D eigenvalue weighted by molar-refractivity contribution is -0.162. The number of aromatic amines is 1. The van der Waals surface area contributed by atoms with Crippen molar-refractivity contribution in [1.29, 1.82) is 0 Å². The van der Waals surface area contributed by atoms with E-state index >= 15 is 24.0 Å². The number of amides is 13. The number of aliphatic imine (C=N–C) groups is 1. The minimum Gasteiger partial charge on any atom is -0.508 e. The summed E-state index contributed by atoms with van der Waals surface area (Å²) in [6.07, 6.45) is -3.76. The number of phenolic OH excluding ortho intramolecular Hbond substituents is 1. The molecule has 3 fully saturated rings. The first kappa shape index (κ1) is 88.6. The van der Waals surface area contributed by atoms with Crippen LogP contribution in [0.2, 0.25) is 0 Å². The van der Waals surface area contributed by atoms with Crippen LogP contribution in [0.25, 0.3) is 10.9 Å². The SMILES string of the molecule is CC(C)C[C@H](NC(=O)CC[C@@H]1NC(=O)[C@H](Cc2c[nH]c3ccccc23)NC(=O)[C@H]2CCCN2C(=O)[C@H](CCCN=C(N)N)N(C(=O)[C@@H]2CCCN2C(=O)[C@H](CCCCN)NC(=O)[C@H](CC(N)=O)NC(=O)[C@H](CCC(=O)O)NC(=O)[C@H](Cc2ccc(O)cc2)NC(=O)[C@H](CC(C)C)NC(=O)[C@@H](N)CCC(=O)O)C1=O)C(=O)O. The van der Waals surface area contributed by atoms with Gasteiger partial charge in [-0.25, -0.2) is 4.79 Å². The number of aromatic nitrogens is 1. The van der Waals surface area contributed by atoms with E-state index in [0.29, 0.717) is 26.9 Å². The van der Waals surface area contributed by atoms with Crippen molar-refractivity contribution in [3.05, 3.63) is 65.9 Å². The Morgan fingerprint density at radius 1 is 0.613 bits per heavy atom. The van der Waals surface area contributed by atoms with E-state index in [4.69, 9.17) is 28.7 Å². The predicted octanol–water partition coefficient (Wildman–Crippen LogP) is -2.67. The van der Waals surface area contributed by atoms with Gasteiger partial charge in [-0.05, 0) is 138 Å². The molecule has 38 heteroatoms. The number of benzene rings is 2. The number of carbonyl (C=O) groups excluding carboxylic acids is 13. The number of unbranched alkanes of at least 4 members (excludes halogenated alkanes) is 1. The molecule has 1 aromatic heterocycles. The Bertz CT molecular complexity index is 3880. The summed E-state index contributed by atoms with van der Waals surface area (Å²) in [4.78, 5) is 237. The van der Waals surface area contributed by atoms with Crippen LogP contribution in [0.3, 0.4) is 0 Å². The zero-order valence-corrected chi connectivity index (χ0v) is 62.7. The Kier molecular flexibility index (Phi) is 34.0. The average Bonchev–Trinajstić information content (AvgIpc) is 1.72. The molecule has 111 heavy (non-hydrogen) atoms. The third-order valence-electron chi connectivity index (χ3n) is 19.2. The molecule has 0 unspecified atom stereocenters. The fourth-order valence-corrected chi connectivity index (χ4v) is 13.6. The Morgan fingerprint density at radius 2 is 1.21 bits per heavy atom. The normalized spacial score (nSPS) is 19.3. The van der Waals surface area contributed by atoms with Crippen LogP contribution < -0.4 is 71.2 Å². The van der Waals surface area contributed by atoms with Crippen molar-refractivity contribution in [2.45, 2.75) is 229 Å². The van der Waals surface area contributed by atoms with Gasteiger partial charge in [0, 0.05) is 68.8 Å². The third-order valence-corrected chi connectivity index (χ3v) is 19.2. The Labute approximate surface area is 640 Å². The molecule has 23 N–H and O–H groups in total. The standard InChI is InChI=1S/C73H106N18O20/c1-38(2)32-49(85-61(99)44(75)22-26-59(95)96)63(101)86-50(34-40-18-20-42(92)21-19-40)64(102)82-46(24-27-60(97)98)62(100)87-52(36-57(76)93)66(104)83-47(14-7-8-28-74)68(106)90-31-11-17-55(90)71(109)91-56(15-9-29-79-73(77)78)70(108)89-30-10-16-54(89)67(105)88-51(35-41-37-80-45-13-6-5-12-43(41)45)65(103)84-48(69(91)107)23-25-58(94)81-53(72(110)111)33-39(3)4/h5-6,12-13,18-21,37-39,44,46-56,80,92H,7-11,14-17,22-36,74-75H2,1-4H3,(H2,76,93)(H,81,94)(H,82,102)(H,83,104)(H,84,103)(H,85,99)(H,86,101)(H,87,100)(H,88,105)(H,95,96)(H,97,98)(H,110,111)(H4,77,78,79)/t44-,46-,47-,48-,49-,50-,51-,52-,53-,54+,55-,56-/m0/s1. The second kappa shape index (κ2) is 42.6. The zero-order chi connectivity index (χ0) is 81.9. The highest BCUT2D eigenvalue weighted by Gasteiger charge is 2.50. The number of primary amides is 1. The molecular weight excluding hydrogens is 1450 g/mol. The van der Waals surface area contributed by atoms with E-state index in [1.54, 1.807) is 58.2 Å². The number of carboxylic acids is 3. The maximum Gasteiger partial charge on any atom is 0.326 e. The minimum absolute atomic E-state index is 0.00260. The molecule has 0 saturated carbocycles. The number of guanidine groups is 1. The largest absolute Gasteiger partial charge is 0.508 e. The first-order valence-electron chi connectivity index (χ1n) is 37.3. The molecule has 0 aliphatic carbocycles. The molecule has 3 aromatic rings. The third kappa shape index (κ3) is 26.8. The molecule has 4 heterocycles. The van der Waals surface area contributed by atoms with E-state index in [-0.39, 0.29) is 133 Å². The molecule has 2 aromatic carbocycles. The summed E-state index contributed by atoms with van der Waals surface area (Å²) in [7, 11) is 0. The van der Waals surface area contributed by atoms with Gasteiger partial charge in [-0.3, -0.25) is 81.8 Å². The number of nitrogens with one attached hydrogen (secondary N) is 9. The number of carboxylic acid groups (broad SMARTS) is 3. The first-order chi connectivity index (χ1) is 52.6. The fourth-order valence-electron chi connectivity index (χ4n) is 13.6. The molecule has 0 bridgehead atoms. The van der Waals surface area contributed by atoms with Gasteiger partial charge in [-0.15, -0.1) is 0 Å². The highest BCUT2D eigenvalue weighted by molar-refractivity contribution is 6.08. The molecule has 0 spiro atoms. The predicted molar refractivity (Wildman–Crippen MR) is 398 cm³/mol. The van der Waals surface area contributed by atoms with Crippen LogP contribution in [0.15, 0.2) is 59.7 Å². The number of aromatic hydroxyl groups is 1. The zero-order valence-electron chi connectivity index (χ0n) is 62.7. The number of imide groups is 1. The van der Waals surface area contributed by atoms with Gasteiger partial charge in [-0.1, -0.05) is 58.0 Å². The number of hydrogen-bond donors (Lipinski definition) is 18. The number of nitrogens with two attached hydrogens (primary N) is 5. The van der Waals surface area contributed by atoms with E-state index in [2.05, 4.69) is 52.5 Å². The van der Waals surface area contributed by atoms with E-state index in [0.717, 1.165) is 4.90 Å². The Hall–Kier alpha value is -11.3. The summed E-state index contributed by atoms with van der Waals surface area (Å²) in [5, 5.41) is 60.1. The summed E-state index contributed by atoms with van der Waals surface area (Å²) in [6, 6.07) is -7.08. The molecule has 13 amide bonds. The lowest BCUT2D eigenvalue weighted by Crippen LogP contribution is -2.65. The molecule has 6 rings (SSSR count). The molecule has 38 nitrogen and oxygen atoms in total. The molecular formula is C73H106N18O20. The maximum absolute atomic E-state index is 16.1. The number of H-pyrrole nitrogens is 1. The number of aliphatic carboxylic acids is 3. The molecule has 608 valence electrons. The number of carbonyl (C=O) groups is 16. The smallest absolute Gasteiger partial charge is 0.326 e. The topological polar surface area (TPSA) is 618 Å². The van der Waals surface area contributed by atoms with Crippen molar-refractivity contribution in [3.63, 3.8) is 0 Å². The van der Waals surface area contributed by atoms with Crippen molar-refractivity contribution in [2.24, 2.45) is 45.5 Å². The van der Waals surface area contributed by atoms with Gasteiger partial charge in [0.1, 0.15) is 72.2 Å². The van der Waals surface area contributed by atoms with Gasteiger partial charge in [0.2, 0.25) is 65.0 Å². The van der Waals surface area contributed by atoms with Crippen molar-refractivity contribution >= 4 is 112 Å². The highest BCUT2D eigenvalue weighted by Crippen LogP contribution is 2.30. The summed E-state index contributed by atoms with van der Waals surface area (Å²) < 4.78 is 0. The monoisotopic (exact) mass is 1550 g/mol. The number of para-hydroxylation sites is 1. The summed E-state index contributed by atoms with van der Waals surface area (Å²) in [5.74, 6) is -18.7. The van der Waals surface area contributed by atoms with Gasteiger partial charge in [-0.2, -0.15) is 0 Å². The number of rotatable bonds is 41. The second-order valence-electron chi connectivity index (χ2n) is 28.9. The summed E-state index contributed by atoms with van der Waals surface area (Å²) in [6.45, 7) is 6.48. The maximum atomic E-state index is 16.1. The van der Waals surface area contributed by atoms with Crippen LogP contribution >= 0.6 is 0 Å². The van der Waals surface area contributed by atoms with Crippen LogP contribution in [0, 0.1) is 11.8 Å². The number of likely N-dealkylation sites (tertiary alicyclic amines) is 1. The number of phenols is 1. The lowest BCUT2D eigenvalue weighted by Gasteiger charge is -2.39. The van der Waals surface area contributed by atoms with Gasteiger partial charge < -0.3 is 106 Å². The van der Waals surface area contributed by atoms with Crippen LogP contribution in [0.1, 0.15) is 154 Å². The minimum atomic E-state index is -2.02. The molecule has 3 aliphatic rings. The van der Waals surface area contributed by atoms with E-state index in [1.807, 2.05) is 0 Å². The summed E-state index contributed by atoms with van der Waals surface area (Å²) in [5.41, 5.74) is 30.5. The first-order valence-corrected chi connectivity index (χ1v) is 37.3. The Morgan fingerprint density at radius 3 is 1.86 bits per heavy atom. The van der Waals surface area contributed by atoms with Crippen molar-refractivity contribution in [3.8, 4) is 5.75 Å². The van der Waals surface area contributed by atoms with Crippen LogP contribution in [0.5, 0.6) is 5.75 Å². The van der Waals surface area contributed by atoms with Gasteiger partial charge in [0.05, 0.1) is 12.5 Å². The van der Waals surface area contributed by atoms with Crippen LogP contribution in [0.4, 0.5) is 0 Å². The van der Waals surface area contributed by atoms with Crippen molar-refractivity contribution in [1.82, 2.24) is 62.2 Å². The Balaban J connectivity index is 1.37. The fraction of sp³-hybridized carbons (Fsp3) is 0.575. The van der Waals surface area contributed by atoms with E-state index < -0.39 is 212 Å². The van der Waals surface area contributed by atoms with Gasteiger partial charge >= 0.3 is 17.9 Å². The average molecular weight is 1560 g/mol. The van der Waals surface area contributed by atoms with E-state index in [1.165, 1.54) is 29.2 Å². The second-order valence-corrected chi connectivity index (χ2v) is 28.9. The van der Waals surface area contributed by atoms with Crippen LogP contribution in [-0.4, -0.2) is 239 Å².